The van der Waals surface area contributed by atoms with E-state index in [1.165, 1.54) is 23.2 Å². The van der Waals surface area contributed by atoms with Crippen LogP contribution in [0, 0.1) is 0 Å². The number of amides is 3. The number of halogens is 3. The predicted molar refractivity (Wildman–Crippen MR) is 149 cm³/mol. The summed E-state index contributed by atoms with van der Waals surface area (Å²) in [4.78, 5) is 44.7. The van der Waals surface area contributed by atoms with Crippen molar-refractivity contribution in [3.63, 3.8) is 0 Å². The Hall–Kier alpha value is -4.27. The highest BCUT2D eigenvalue weighted by atomic mass is 19.4. The first kappa shape index (κ1) is 30.7. The number of nitrogens with one attached hydrogen (secondary N) is 2. The smallest absolute Gasteiger partial charge is 0.406 e. The molecule has 4 atom stereocenters. The number of hydrogen-bond acceptors (Lipinski definition) is 8. The van der Waals surface area contributed by atoms with Gasteiger partial charge in [-0.25, -0.2) is 0 Å². The Morgan fingerprint density at radius 3 is 2.36 bits per heavy atom. The van der Waals surface area contributed by atoms with Crippen LogP contribution in [-0.2, 0) is 20.8 Å². The van der Waals surface area contributed by atoms with Crippen LogP contribution in [0.4, 0.5) is 18.9 Å². The van der Waals surface area contributed by atoms with Crippen LogP contribution in [0.15, 0.2) is 60.8 Å². The average Bonchev–Trinajstić information content (AvgIpc) is 3.29. The number of hydrogen-bond donors (Lipinski definition) is 5. The molecule has 224 valence electrons. The molecule has 2 heterocycles. The Labute approximate surface area is 239 Å². The molecule has 4 rings (SSSR count). The summed E-state index contributed by atoms with van der Waals surface area (Å²) in [5.41, 5.74) is 19.3. The number of carbonyl (C=O) groups excluding carboxylic acids is 3. The number of likely N-dealkylation sites (tertiary alicyclic amines) is 1. The molecule has 3 aromatic rings. The second kappa shape index (κ2) is 13.1. The van der Waals surface area contributed by atoms with Crippen molar-refractivity contribution in [2.75, 3.05) is 18.4 Å². The Morgan fingerprint density at radius 1 is 1.02 bits per heavy atom. The Kier molecular flexibility index (Phi) is 9.60. The van der Waals surface area contributed by atoms with E-state index in [0.29, 0.717) is 24.3 Å². The van der Waals surface area contributed by atoms with Crippen molar-refractivity contribution in [1.82, 2.24) is 15.2 Å². The minimum absolute atomic E-state index is 0.0120. The average molecular weight is 588 g/mol. The zero-order valence-corrected chi connectivity index (χ0v) is 22.5. The normalized spacial score (nSPS) is 18.4. The number of nitrogens with zero attached hydrogens (tertiary/aromatic N) is 2. The number of para-hydroxylation sites is 1. The lowest BCUT2D eigenvalue weighted by atomic mass is 10.0. The number of anilines is 1. The van der Waals surface area contributed by atoms with Crippen molar-refractivity contribution in [3.8, 4) is 5.75 Å². The highest BCUT2D eigenvalue weighted by molar-refractivity contribution is 5.99. The number of ether oxygens (including phenoxy) is 1. The van der Waals surface area contributed by atoms with Crippen LogP contribution in [0.1, 0.15) is 18.4 Å². The third kappa shape index (κ3) is 8.38. The molecule has 1 aliphatic rings. The van der Waals surface area contributed by atoms with Crippen LogP contribution in [0.2, 0.25) is 0 Å². The van der Waals surface area contributed by atoms with Gasteiger partial charge in [-0.05, 0) is 36.2 Å². The van der Waals surface area contributed by atoms with Gasteiger partial charge in [-0.3, -0.25) is 19.4 Å². The first-order chi connectivity index (χ1) is 19.9. The molecule has 1 aromatic heterocycles. The molecular formula is C28H32F3N7O4. The molecule has 1 saturated heterocycles. The molecule has 0 aliphatic carbocycles. The third-order valence-corrected chi connectivity index (χ3v) is 6.86. The highest BCUT2D eigenvalue weighted by Crippen LogP contribution is 2.23. The number of rotatable bonds is 10. The summed E-state index contributed by atoms with van der Waals surface area (Å²) in [6, 6.07) is 11.0. The zero-order valence-electron chi connectivity index (χ0n) is 22.5. The van der Waals surface area contributed by atoms with Crippen molar-refractivity contribution < 1.29 is 32.3 Å². The summed E-state index contributed by atoms with van der Waals surface area (Å²) in [7, 11) is 0. The molecule has 11 nitrogen and oxygen atoms in total. The van der Waals surface area contributed by atoms with Gasteiger partial charge >= 0.3 is 6.36 Å². The number of alkyl halides is 3. The number of pyridine rings is 1. The molecule has 0 radical (unpaired) electrons. The number of benzene rings is 2. The van der Waals surface area contributed by atoms with Gasteiger partial charge in [-0.2, -0.15) is 0 Å². The Bertz CT molecular complexity index is 1410. The second-order valence-corrected chi connectivity index (χ2v) is 10.1. The molecule has 2 aromatic carbocycles. The van der Waals surface area contributed by atoms with E-state index in [0.717, 1.165) is 23.0 Å². The quantitative estimate of drug-likeness (QED) is 0.236. The van der Waals surface area contributed by atoms with Crippen LogP contribution >= 0.6 is 0 Å². The lowest BCUT2D eigenvalue weighted by Crippen LogP contribution is -2.51. The largest absolute Gasteiger partial charge is 0.573 e. The summed E-state index contributed by atoms with van der Waals surface area (Å²) in [5.74, 6) is -1.93. The standard InChI is InChI=1S/C28H32F3N7O4/c29-28(30,31)42-19-7-5-16(6-8-19)11-24(27(41)36-18-12-17-3-1-2-4-23(17)35-13-18)37-26(40)20(32)9-10-25(39)38-14-21(33)22(34)15-38/h1-8,12-13,20-22,24H,9-11,14-15,32-34H2,(H,36,41)(H,37,40)/t20-,21-,22-,24+/m0/s1. The van der Waals surface area contributed by atoms with Crippen LogP contribution in [0.5, 0.6) is 5.75 Å². The summed E-state index contributed by atoms with van der Waals surface area (Å²) < 4.78 is 41.5. The molecule has 3 amide bonds. The highest BCUT2D eigenvalue weighted by Gasteiger charge is 2.32. The molecule has 0 unspecified atom stereocenters. The molecule has 0 bridgehead atoms. The second-order valence-electron chi connectivity index (χ2n) is 10.1. The lowest BCUT2D eigenvalue weighted by Gasteiger charge is -2.22. The van der Waals surface area contributed by atoms with E-state index in [4.69, 9.17) is 17.2 Å². The molecule has 0 spiro atoms. The van der Waals surface area contributed by atoms with E-state index >= 15 is 0 Å². The molecule has 1 fully saturated rings. The zero-order chi connectivity index (χ0) is 30.4. The van der Waals surface area contributed by atoms with Crippen molar-refractivity contribution >= 4 is 34.3 Å². The van der Waals surface area contributed by atoms with Gasteiger partial charge in [0.15, 0.2) is 0 Å². The van der Waals surface area contributed by atoms with Crippen molar-refractivity contribution in [2.45, 2.75) is 49.8 Å². The van der Waals surface area contributed by atoms with Crippen LogP contribution in [0.3, 0.4) is 0 Å². The van der Waals surface area contributed by atoms with E-state index in [1.807, 2.05) is 24.3 Å². The molecule has 8 N–H and O–H groups in total. The Balaban J connectivity index is 1.43. The first-order valence-corrected chi connectivity index (χ1v) is 13.2. The summed E-state index contributed by atoms with van der Waals surface area (Å²) in [6.45, 7) is 0.639. The van der Waals surface area contributed by atoms with Gasteiger partial charge in [0.25, 0.3) is 0 Å². The van der Waals surface area contributed by atoms with Gasteiger partial charge in [0.1, 0.15) is 11.8 Å². The maximum atomic E-state index is 13.3. The van der Waals surface area contributed by atoms with Crippen LogP contribution < -0.4 is 32.6 Å². The van der Waals surface area contributed by atoms with E-state index in [9.17, 15) is 27.6 Å². The SMILES string of the molecule is N[C@@H](CCC(=O)N1C[C@H](N)[C@@H](N)C1)C(=O)N[C@H](Cc1ccc(OC(F)(F)F)cc1)C(=O)Nc1cnc2ccccc2c1. The molecule has 0 saturated carbocycles. The monoisotopic (exact) mass is 587 g/mol. The number of carbonyl (C=O) groups is 3. The topological polar surface area (TPSA) is 179 Å². The summed E-state index contributed by atoms with van der Waals surface area (Å²) >= 11 is 0. The van der Waals surface area contributed by atoms with Crippen molar-refractivity contribution in [3.05, 3.63) is 66.4 Å². The van der Waals surface area contributed by atoms with Crippen molar-refractivity contribution in [1.29, 1.82) is 0 Å². The van der Waals surface area contributed by atoms with Crippen LogP contribution in [0.25, 0.3) is 10.9 Å². The summed E-state index contributed by atoms with van der Waals surface area (Å²) in [5, 5.41) is 6.11. The van der Waals surface area contributed by atoms with E-state index in [-0.39, 0.29) is 37.3 Å². The fraction of sp³-hybridized carbons (Fsp3) is 0.357. The van der Waals surface area contributed by atoms with Gasteiger partial charge in [-0.15, -0.1) is 13.2 Å². The first-order valence-electron chi connectivity index (χ1n) is 13.2. The lowest BCUT2D eigenvalue weighted by molar-refractivity contribution is -0.274. The van der Waals surface area contributed by atoms with Gasteiger partial charge in [0.05, 0.1) is 23.4 Å². The summed E-state index contributed by atoms with van der Waals surface area (Å²) in [6.07, 6.45) is -3.46. The number of fused-ring (bicyclic) bond motifs is 1. The fourth-order valence-corrected chi connectivity index (χ4v) is 4.55. The molecule has 42 heavy (non-hydrogen) atoms. The third-order valence-electron chi connectivity index (χ3n) is 6.86. The van der Waals surface area contributed by atoms with Gasteiger partial charge < -0.3 is 37.5 Å². The van der Waals surface area contributed by atoms with Crippen molar-refractivity contribution in [2.24, 2.45) is 17.2 Å². The van der Waals surface area contributed by atoms with E-state index in [1.54, 1.807) is 6.07 Å². The van der Waals surface area contributed by atoms with E-state index in [2.05, 4.69) is 20.4 Å². The minimum Gasteiger partial charge on any atom is -0.406 e. The van der Waals surface area contributed by atoms with Crippen LogP contribution in [-0.4, -0.2) is 71.2 Å². The number of nitrogens with two attached hydrogens (primary N) is 3. The van der Waals surface area contributed by atoms with Gasteiger partial charge in [0.2, 0.25) is 17.7 Å². The van der Waals surface area contributed by atoms with Gasteiger partial charge in [0, 0.05) is 43.4 Å². The maximum absolute atomic E-state index is 13.3. The van der Waals surface area contributed by atoms with E-state index < -0.39 is 36.0 Å². The number of aromatic nitrogens is 1. The maximum Gasteiger partial charge on any atom is 0.573 e. The van der Waals surface area contributed by atoms with Gasteiger partial charge in [-0.1, -0.05) is 30.3 Å². The molecule has 1 aliphatic heterocycles. The molecule has 14 heteroatoms. The molecular weight excluding hydrogens is 555 g/mol. The Morgan fingerprint density at radius 2 is 1.69 bits per heavy atom. The predicted octanol–water partition coefficient (Wildman–Crippen LogP) is 1.40. The minimum atomic E-state index is -4.85. The fourth-order valence-electron chi connectivity index (χ4n) is 4.55.